The van der Waals surface area contributed by atoms with Crippen LogP contribution in [0.5, 0.6) is 0 Å². The molecule has 1 saturated heterocycles. The molecule has 1 aliphatic rings. The number of oxime groups is 1. The summed E-state index contributed by atoms with van der Waals surface area (Å²) in [6.07, 6.45) is -1.37. The van der Waals surface area contributed by atoms with Crippen LogP contribution in [-0.2, 0) is 29.5 Å². The van der Waals surface area contributed by atoms with Crippen LogP contribution in [0, 0.1) is 0 Å². The summed E-state index contributed by atoms with van der Waals surface area (Å²) in [5, 5.41) is 16.0. The molecule has 1 aromatic rings. The van der Waals surface area contributed by atoms with Crippen LogP contribution < -0.4 is 11.1 Å². The average molecular weight is 421 g/mol. The zero-order valence-electron chi connectivity index (χ0n) is 13.9. The summed E-state index contributed by atoms with van der Waals surface area (Å²) in [7, 11) is -4.75. The molecule has 2 amide bonds. The van der Waals surface area contributed by atoms with Gasteiger partial charge in [-0.2, -0.15) is 8.42 Å². The van der Waals surface area contributed by atoms with Crippen molar-refractivity contribution in [2.24, 2.45) is 5.16 Å². The number of rotatable bonds is 7. The van der Waals surface area contributed by atoms with Gasteiger partial charge < -0.3 is 21.0 Å². The first kappa shape index (κ1) is 20.5. The SMILES string of the molecule is CC1[C@H](NC(=O)/C(=N\O[C@H](C)C(=O)O)c2csc(N)n2)C(=O)N1S(=O)(=O)O. The minimum atomic E-state index is -4.75. The molecular formula is C12H15N5O8S2. The fourth-order valence-corrected chi connectivity index (χ4v) is 3.52. The standard InChI is InChI=1S/C12H15N5O8S2/c1-4-7(10(19)17(4)27(22,23)24)15-9(18)8(6-3-26-12(13)14-6)16-25-5(2)11(20)21/h3-5,7H,1-2H3,(H2,13,14)(H,15,18)(H,20,21)(H,22,23,24)/b16-8-/t4?,5-,7+/m1/s1. The van der Waals surface area contributed by atoms with Crippen LogP contribution in [0.15, 0.2) is 10.5 Å². The lowest BCUT2D eigenvalue weighted by molar-refractivity contribution is -0.149. The van der Waals surface area contributed by atoms with E-state index in [-0.39, 0.29) is 15.1 Å². The number of carboxylic acid groups (broad SMARTS) is 1. The van der Waals surface area contributed by atoms with Crippen LogP contribution in [-0.4, -0.2) is 69.0 Å². The molecule has 0 aliphatic carbocycles. The normalized spacial score (nSPS) is 21.4. The van der Waals surface area contributed by atoms with Gasteiger partial charge in [-0.1, -0.05) is 5.16 Å². The van der Waals surface area contributed by atoms with Crippen LogP contribution in [0.1, 0.15) is 19.5 Å². The van der Waals surface area contributed by atoms with E-state index in [4.69, 9.17) is 20.2 Å². The number of nitrogens with one attached hydrogen (secondary N) is 1. The summed E-state index contributed by atoms with van der Waals surface area (Å²) >= 11 is 0.981. The van der Waals surface area contributed by atoms with Crippen LogP contribution in [0.3, 0.4) is 0 Å². The Morgan fingerprint density at radius 1 is 1.52 bits per heavy atom. The Morgan fingerprint density at radius 2 is 2.15 bits per heavy atom. The Labute approximate surface area is 156 Å². The predicted molar refractivity (Wildman–Crippen MR) is 91.0 cm³/mol. The number of nitrogen functional groups attached to an aromatic ring is 1. The number of thiazole rings is 1. The van der Waals surface area contributed by atoms with E-state index in [0.29, 0.717) is 0 Å². The molecule has 15 heteroatoms. The van der Waals surface area contributed by atoms with E-state index in [9.17, 15) is 22.8 Å². The minimum absolute atomic E-state index is 0.0290. The fraction of sp³-hybridized carbons (Fsp3) is 0.417. The Balaban J connectivity index is 2.21. The molecule has 1 aromatic heterocycles. The van der Waals surface area contributed by atoms with E-state index in [2.05, 4.69) is 15.5 Å². The molecule has 2 rings (SSSR count). The van der Waals surface area contributed by atoms with Crippen molar-refractivity contribution in [2.75, 3.05) is 5.73 Å². The molecule has 0 aromatic carbocycles. The van der Waals surface area contributed by atoms with Gasteiger partial charge >= 0.3 is 16.3 Å². The Bertz CT molecular complexity index is 911. The number of carbonyl (C=O) groups is 3. The lowest BCUT2D eigenvalue weighted by Gasteiger charge is -2.42. The van der Waals surface area contributed by atoms with Gasteiger partial charge in [0, 0.05) is 5.38 Å². The molecule has 0 bridgehead atoms. The van der Waals surface area contributed by atoms with Crippen molar-refractivity contribution in [3.8, 4) is 0 Å². The first-order chi connectivity index (χ1) is 12.4. The van der Waals surface area contributed by atoms with Gasteiger partial charge in [-0.25, -0.2) is 14.1 Å². The number of nitrogens with zero attached hydrogens (tertiary/aromatic N) is 3. The minimum Gasteiger partial charge on any atom is -0.478 e. The van der Waals surface area contributed by atoms with Crippen LogP contribution in [0.2, 0.25) is 0 Å². The number of hydrogen-bond donors (Lipinski definition) is 4. The lowest BCUT2D eigenvalue weighted by atomic mass is 10.0. The molecule has 3 atom stereocenters. The summed E-state index contributed by atoms with van der Waals surface area (Å²) in [6, 6.07) is -2.30. The van der Waals surface area contributed by atoms with E-state index < -0.39 is 52.0 Å². The third-order valence-electron chi connectivity index (χ3n) is 3.50. The molecule has 2 heterocycles. The number of aliphatic carboxylic acids is 1. The third kappa shape index (κ3) is 4.32. The van der Waals surface area contributed by atoms with Crippen LogP contribution in [0.4, 0.5) is 5.13 Å². The Morgan fingerprint density at radius 3 is 2.59 bits per heavy atom. The highest BCUT2D eigenvalue weighted by Gasteiger charge is 2.51. The lowest BCUT2D eigenvalue weighted by Crippen LogP contribution is -2.71. The van der Waals surface area contributed by atoms with Gasteiger partial charge in [0.1, 0.15) is 11.7 Å². The van der Waals surface area contributed by atoms with Gasteiger partial charge in [-0.3, -0.25) is 14.1 Å². The highest BCUT2D eigenvalue weighted by atomic mass is 32.2. The van der Waals surface area contributed by atoms with E-state index in [0.717, 1.165) is 11.3 Å². The second-order valence-corrected chi connectivity index (χ2v) is 7.58. The second-order valence-electron chi connectivity index (χ2n) is 5.40. The number of carboxylic acids is 1. The summed E-state index contributed by atoms with van der Waals surface area (Å²) in [5.41, 5.74) is 5.01. The third-order valence-corrected chi connectivity index (χ3v) is 5.18. The van der Waals surface area contributed by atoms with E-state index >= 15 is 0 Å². The second kappa shape index (κ2) is 7.45. The quantitative estimate of drug-likeness (QED) is 0.172. The van der Waals surface area contributed by atoms with Crippen molar-refractivity contribution < 1.29 is 37.3 Å². The summed E-state index contributed by atoms with van der Waals surface area (Å²) in [5.74, 6) is -3.35. The Kier molecular flexibility index (Phi) is 5.67. The van der Waals surface area contributed by atoms with E-state index in [1.165, 1.54) is 19.2 Å². The van der Waals surface area contributed by atoms with E-state index in [1.54, 1.807) is 0 Å². The van der Waals surface area contributed by atoms with Crippen molar-refractivity contribution in [3.05, 3.63) is 11.1 Å². The molecule has 0 spiro atoms. The Hall–Kier alpha value is -2.78. The molecule has 1 fully saturated rings. The van der Waals surface area contributed by atoms with Gasteiger partial charge in [0.05, 0.1) is 6.04 Å². The summed E-state index contributed by atoms with van der Waals surface area (Å²) < 4.78 is 31.3. The first-order valence-corrected chi connectivity index (χ1v) is 9.50. The van der Waals surface area contributed by atoms with Crippen LogP contribution >= 0.6 is 11.3 Å². The zero-order valence-corrected chi connectivity index (χ0v) is 15.5. The zero-order chi connectivity index (χ0) is 20.5. The number of nitrogens with two attached hydrogens (primary N) is 1. The van der Waals surface area contributed by atoms with Crippen molar-refractivity contribution >= 4 is 50.3 Å². The topological polar surface area (TPSA) is 202 Å². The van der Waals surface area contributed by atoms with Crippen molar-refractivity contribution in [1.29, 1.82) is 0 Å². The maximum atomic E-state index is 12.5. The summed E-state index contributed by atoms with van der Waals surface area (Å²) in [6.45, 7) is 2.47. The monoisotopic (exact) mass is 421 g/mol. The molecule has 0 radical (unpaired) electrons. The van der Waals surface area contributed by atoms with Gasteiger partial charge in [0.25, 0.3) is 11.8 Å². The maximum Gasteiger partial charge on any atom is 0.362 e. The molecule has 1 aliphatic heterocycles. The fourth-order valence-electron chi connectivity index (χ4n) is 2.09. The number of amides is 2. The van der Waals surface area contributed by atoms with Gasteiger partial charge in [0.2, 0.25) is 6.10 Å². The number of aromatic nitrogens is 1. The molecule has 13 nitrogen and oxygen atoms in total. The number of anilines is 1. The van der Waals surface area contributed by atoms with Gasteiger partial charge in [0.15, 0.2) is 10.8 Å². The maximum absolute atomic E-state index is 12.5. The highest BCUT2D eigenvalue weighted by molar-refractivity contribution is 7.84. The average Bonchev–Trinajstić information content (AvgIpc) is 2.97. The predicted octanol–water partition coefficient (Wildman–Crippen LogP) is -1.56. The molecule has 5 N–H and O–H groups in total. The van der Waals surface area contributed by atoms with Crippen molar-refractivity contribution in [3.63, 3.8) is 0 Å². The van der Waals surface area contributed by atoms with Gasteiger partial charge in [-0.15, -0.1) is 11.3 Å². The van der Waals surface area contributed by atoms with Gasteiger partial charge in [-0.05, 0) is 13.8 Å². The molecule has 0 saturated carbocycles. The molecule has 148 valence electrons. The first-order valence-electron chi connectivity index (χ1n) is 7.23. The number of hydrogen-bond acceptors (Lipinski definition) is 10. The smallest absolute Gasteiger partial charge is 0.362 e. The summed E-state index contributed by atoms with van der Waals surface area (Å²) in [4.78, 5) is 43.7. The molecular weight excluding hydrogens is 406 g/mol. The van der Waals surface area contributed by atoms with E-state index in [1.807, 2.05) is 0 Å². The largest absolute Gasteiger partial charge is 0.478 e. The number of β-lactam (4-membered cyclic amide) rings is 1. The van der Waals surface area contributed by atoms with Crippen LogP contribution in [0.25, 0.3) is 0 Å². The van der Waals surface area contributed by atoms with Crippen molar-refractivity contribution in [1.82, 2.24) is 14.6 Å². The number of carbonyl (C=O) groups excluding carboxylic acids is 2. The molecule has 27 heavy (non-hydrogen) atoms. The molecule has 1 unspecified atom stereocenters. The highest BCUT2D eigenvalue weighted by Crippen LogP contribution is 2.23. The van der Waals surface area contributed by atoms with Crippen molar-refractivity contribution in [2.45, 2.75) is 32.0 Å².